The molecule has 0 aliphatic carbocycles. The minimum atomic E-state index is -0.452. The van der Waals surface area contributed by atoms with Crippen LogP contribution in [-0.2, 0) is 0 Å². The molecule has 0 unspecified atom stereocenters. The number of carbonyl (C=O) groups is 1. The van der Waals surface area contributed by atoms with Crippen LogP contribution in [0.5, 0.6) is 11.5 Å². The molecule has 1 aliphatic heterocycles. The predicted octanol–water partition coefficient (Wildman–Crippen LogP) is 4.16. The average molecular weight is 389 g/mol. The van der Waals surface area contributed by atoms with Crippen molar-refractivity contribution in [1.82, 2.24) is 9.38 Å². The number of anilines is 1. The minimum absolute atomic E-state index is 0.257. The van der Waals surface area contributed by atoms with Crippen LogP contribution < -0.4 is 14.8 Å². The molecule has 0 fully saturated rings. The van der Waals surface area contributed by atoms with Gasteiger partial charge in [-0.25, -0.2) is 9.37 Å². The molecule has 6 nitrogen and oxygen atoms in total. The van der Waals surface area contributed by atoms with E-state index in [2.05, 4.69) is 10.3 Å². The monoisotopic (exact) mass is 389 g/mol. The molecule has 0 radical (unpaired) electrons. The lowest BCUT2D eigenvalue weighted by molar-refractivity contribution is 0.102. The number of nitrogens with one attached hydrogen (secondary N) is 1. The molecular weight excluding hydrogens is 373 g/mol. The van der Waals surface area contributed by atoms with E-state index in [9.17, 15) is 9.18 Å². The SMILES string of the molecule is O=C(Nc1ccc2nc(-c3ccc4c(c3)OCCO4)cn2c1)c1cccc(F)c1. The molecule has 3 heterocycles. The molecule has 0 saturated carbocycles. The van der Waals surface area contributed by atoms with Crippen molar-refractivity contribution in [2.75, 3.05) is 18.5 Å². The van der Waals surface area contributed by atoms with Gasteiger partial charge in [0.15, 0.2) is 11.5 Å². The lowest BCUT2D eigenvalue weighted by atomic mass is 10.1. The largest absolute Gasteiger partial charge is 0.486 e. The molecule has 144 valence electrons. The van der Waals surface area contributed by atoms with Crippen molar-refractivity contribution in [3.63, 3.8) is 0 Å². The molecule has 1 N–H and O–H groups in total. The number of pyridine rings is 1. The van der Waals surface area contributed by atoms with E-state index < -0.39 is 5.82 Å². The Morgan fingerprint density at radius 2 is 1.86 bits per heavy atom. The van der Waals surface area contributed by atoms with E-state index in [0.29, 0.717) is 24.7 Å². The fraction of sp³-hybridized carbons (Fsp3) is 0.0909. The summed E-state index contributed by atoms with van der Waals surface area (Å²) >= 11 is 0. The second-order valence-corrected chi connectivity index (χ2v) is 6.63. The van der Waals surface area contributed by atoms with Crippen molar-refractivity contribution in [2.45, 2.75) is 0 Å². The standard InChI is InChI=1S/C22H16FN3O3/c23-16-3-1-2-15(10-16)22(27)24-17-5-7-21-25-18(13-26(21)12-17)14-4-6-19-20(11-14)29-9-8-28-19/h1-7,10-13H,8-9H2,(H,24,27). The molecule has 5 rings (SSSR count). The first-order valence-electron chi connectivity index (χ1n) is 9.11. The summed E-state index contributed by atoms with van der Waals surface area (Å²) in [6, 6.07) is 14.8. The number of hydrogen-bond acceptors (Lipinski definition) is 4. The van der Waals surface area contributed by atoms with E-state index in [0.717, 1.165) is 22.7 Å². The minimum Gasteiger partial charge on any atom is -0.486 e. The highest BCUT2D eigenvalue weighted by Crippen LogP contribution is 2.34. The van der Waals surface area contributed by atoms with Gasteiger partial charge in [0, 0.05) is 23.5 Å². The number of nitrogens with zero attached hydrogens (tertiary/aromatic N) is 2. The zero-order valence-corrected chi connectivity index (χ0v) is 15.3. The van der Waals surface area contributed by atoms with Crippen LogP contribution in [0.4, 0.5) is 10.1 Å². The highest BCUT2D eigenvalue weighted by Gasteiger charge is 2.14. The third kappa shape index (κ3) is 3.38. The Morgan fingerprint density at radius 3 is 2.72 bits per heavy atom. The summed E-state index contributed by atoms with van der Waals surface area (Å²) in [7, 11) is 0. The Labute approximate surface area is 165 Å². The van der Waals surface area contributed by atoms with Crippen molar-refractivity contribution in [1.29, 1.82) is 0 Å². The molecule has 1 amide bonds. The first-order valence-corrected chi connectivity index (χ1v) is 9.11. The molecule has 2 aromatic carbocycles. The van der Waals surface area contributed by atoms with Gasteiger partial charge in [0.1, 0.15) is 24.7 Å². The first kappa shape index (κ1) is 17.2. The van der Waals surface area contributed by atoms with Crippen LogP contribution >= 0.6 is 0 Å². The molecule has 1 aliphatic rings. The lowest BCUT2D eigenvalue weighted by Gasteiger charge is -2.18. The predicted molar refractivity (Wildman–Crippen MR) is 106 cm³/mol. The van der Waals surface area contributed by atoms with Crippen molar-refractivity contribution in [2.24, 2.45) is 0 Å². The van der Waals surface area contributed by atoms with E-state index in [1.165, 1.54) is 18.2 Å². The second-order valence-electron chi connectivity index (χ2n) is 6.63. The van der Waals surface area contributed by atoms with Gasteiger partial charge in [0.2, 0.25) is 0 Å². The average Bonchev–Trinajstić information content (AvgIpc) is 3.17. The van der Waals surface area contributed by atoms with Crippen LogP contribution in [0.2, 0.25) is 0 Å². The Hall–Kier alpha value is -3.87. The number of imidazole rings is 1. The first-order chi connectivity index (χ1) is 14.2. The quantitative estimate of drug-likeness (QED) is 0.571. The topological polar surface area (TPSA) is 64.9 Å². The maximum Gasteiger partial charge on any atom is 0.255 e. The third-order valence-electron chi connectivity index (χ3n) is 4.63. The van der Waals surface area contributed by atoms with Gasteiger partial charge in [-0.15, -0.1) is 0 Å². The molecule has 7 heteroatoms. The highest BCUT2D eigenvalue weighted by atomic mass is 19.1. The fourth-order valence-corrected chi connectivity index (χ4v) is 3.24. The van der Waals surface area contributed by atoms with Crippen molar-refractivity contribution >= 4 is 17.2 Å². The Balaban J connectivity index is 1.42. The van der Waals surface area contributed by atoms with Gasteiger partial charge >= 0.3 is 0 Å². The van der Waals surface area contributed by atoms with Crippen LogP contribution in [0, 0.1) is 5.82 Å². The molecule has 0 spiro atoms. The summed E-state index contributed by atoms with van der Waals surface area (Å²) < 4.78 is 26.4. The van der Waals surface area contributed by atoms with Crippen LogP contribution in [0.25, 0.3) is 16.9 Å². The van der Waals surface area contributed by atoms with Gasteiger partial charge in [-0.1, -0.05) is 6.07 Å². The number of hydrogen-bond donors (Lipinski definition) is 1. The summed E-state index contributed by atoms with van der Waals surface area (Å²) in [4.78, 5) is 17.0. The van der Waals surface area contributed by atoms with Crippen LogP contribution in [-0.4, -0.2) is 28.5 Å². The zero-order chi connectivity index (χ0) is 19.8. The normalized spacial score (nSPS) is 12.7. The maximum absolute atomic E-state index is 13.3. The van der Waals surface area contributed by atoms with Gasteiger partial charge in [0.05, 0.1) is 11.4 Å². The number of fused-ring (bicyclic) bond motifs is 2. The number of amides is 1. The summed E-state index contributed by atoms with van der Waals surface area (Å²) in [5.74, 6) is 0.600. The zero-order valence-electron chi connectivity index (χ0n) is 15.3. The fourth-order valence-electron chi connectivity index (χ4n) is 3.24. The lowest BCUT2D eigenvalue weighted by Crippen LogP contribution is -2.15. The smallest absolute Gasteiger partial charge is 0.255 e. The molecule has 0 atom stereocenters. The van der Waals surface area contributed by atoms with Crippen LogP contribution in [0.15, 0.2) is 67.0 Å². The summed E-state index contributed by atoms with van der Waals surface area (Å²) in [5, 5.41) is 2.78. The van der Waals surface area contributed by atoms with Gasteiger partial charge in [-0.3, -0.25) is 4.79 Å². The number of rotatable bonds is 3. The van der Waals surface area contributed by atoms with E-state index >= 15 is 0 Å². The Morgan fingerprint density at radius 1 is 1.00 bits per heavy atom. The van der Waals surface area contributed by atoms with Crippen molar-refractivity contribution in [3.05, 3.63) is 78.4 Å². The second kappa shape index (κ2) is 6.94. The van der Waals surface area contributed by atoms with Crippen LogP contribution in [0.1, 0.15) is 10.4 Å². The summed E-state index contributed by atoms with van der Waals surface area (Å²) in [5.41, 5.74) is 3.25. The molecular formula is C22H16FN3O3. The van der Waals surface area contributed by atoms with Crippen molar-refractivity contribution in [3.8, 4) is 22.8 Å². The maximum atomic E-state index is 13.3. The van der Waals surface area contributed by atoms with E-state index in [4.69, 9.17) is 9.47 Å². The van der Waals surface area contributed by atoms with Gasteiger partial charge < -0.3 is 19.2 Å². The molecule has 0 saturated heterocycles. The Kier molecular flexibility index (Phi) is 4.13. The van der Waals surface area contributed by atoms with Gasteiger partial charge in [-0.05, 0) is 48.5 Å². The third-order valence-corrected chi connectivity index (χ3v) is 4.63. The summed E-state index contributed by atoms with van der Waals surface area (Å²) in [6.45, 7) is 1.07. The van der Waals surface area contributed by atoms with E-state index in [-0.39, 0.29) is 11.5 Å². The van der Waals surface area contributed by atoms with E-state index in [1.807, 2.05) is 34.9 Å². The van der Waals surface area contributed by atoms with Crippen molar-refractivity contribution < 1.29 is 18.7 Å². The van der Waals surface area contributed by atoms with Gasteiger partial charge in [0.25, 0.3) is 5.91 Å². The number of ether oxygens (including phenoxy) is 2. The van der Waals surface area contributed by atoms with E-state index in [1.54, 1.807) is 18.3 Å². The van der Waals surface area contributed by atoms with Gasteiger partial charge in [-0.2, -0.15) is 0 Å². The summed E-state index contributed by atoms with van der Waals surface area (Å²) in [6.07, 6.45) is 3.64. The molecule has 2 aromatic heterocycles. The Bertz CT molecular complexity index is 1240. The highest BCUT2D eigenvalue weighted by molar-refractivity contribution is 6.04. The number of halogens is 1. The number of carbonyl (C=O) groups excluding carboxylic acids is 1. The number of aromatic nitrogens is 2. The molecule has 29 heavy (non-hydrogen) atoms. The number of benzene rings is 2. The molecule has 4 aromatic rings. The van der Waals surface area contributed by atoms with Crippen LogP contribution in [0.3, 0.4) is 0 Å². The molecule has 0 bridgehead atoms.